The van der Waals surface area contributed by atoms with E-state index in [0.717, 1.165) is 34.5 Å². The van der Waals surface area contributed by atoms with Crippen molar-refractivity contribution in [3.8, 4) is 11.1 Å². The summed E-state index contributed by atoms with van der Waals surface area (Å²) in [5, 5.41) is 7.58. The largest absolute Gasteiger partial charge is 0.322 e. The standard InChI is InChI=1S/C28H33N5O/c1-21-16-22(19-32-14-3-2-4-15-32)8-10-27(21)31-28(34)11-9-23-17-29-13-12-26(23)24-18-30-33(20-24)25-6-5-7-25/h8-13,16-18,20,25H,2-7,14-15,19H2,1H3,(H,31,34)/b11-9+. The number of carbonyl (C=O) groups excluding carboxylic acids is 1. The summed E-state index contributed by atoms with van der Waals surface area (Å²) < 4.78 is 2.07. The average molecular weight is 456 g/mol. The number of nitrogens with zero attached hydrogens (tertiary/aromatic N) is 4. The number of pyridine rings is 1. The lowest BCUT2D eigenvalue weighted by molar-refractivity contribution is -0.111. The van der Waals surface area contributed by atoms with Gasteiger partial charge in [-0.05, 0) is 87.0 Å². The van der Waals surface area contributed by atoms with E-state index in [9.17, 15) is 4.79 Å². The topological polar surface area (TPSA) is 63.1 Å². The molecule has 1 aromatic carbocycles. The van der Waals surface area contributed by atoms with Gasteiger partial charge in [0.1, 0.15) is 0 Å². The third-order valence-electron chi connectivity index (χ3n) is 7.03. The number of anilines is 1. The molecule has 5 rings (SSSR count). The van der Waals surface area contributed by atoms with Crippen LogP contribution in [0.1, 0.15) is 61.3 Å². The number of hydrogen-bond donors (Lipinski definition) is 1. The van der Waals surface area contributed by atoms with Crippen molar-refractivity contribution in [3.05, 3.63) is 71.8 Å². The van der Waals surface area contributed by atoms with Crippen molar-refractivity contribution >= 4 is 17.7 Å². The molecule has 2 aromatic heterocycles. The highest BCUT2D eigenvalue weighted by Crippen LogP contribution is 2.33. The Bertz CT molecular complexity index is 1170. The van der Waals surface area contributed by atoms with Crippen LogP contribution in [0.2, 0.25) is 0 Å². The summed E-state index contributed by atoms with van der Waals surface area (Å²) in [6.45, 7) is 5.40. The van der Waals surface area contributed by atoms with Gasteiger partial charge in [0.15, 0.2) is 0 Å². The maximum absolute atomic E-state index is 12.7. The molecule has 1 amide bonds. The monoisotopic (exact) mass is 455 g/mol. The minimum absolute atomic E-state index is 0.146. The lowest BCUT2D eigenvalue weighted by Gasteiger charge is -2.26. The van der Waals surface area contributed by atoms with E-state index in [1.54, 1.807) is 18.5 Å². The van der Waals surface area contributed by atoms with Crippen LogP contribution in [0.3, 0.4) is 0 Å². The fourth-order valence-corrected chi connectivity index (χ4v) is 4.81. The highest BCUT2D eigenvalue weighted by atomic mass is 16.1. The van der Waals surface area contributed by atoms with E-state index >= 15 is 0 Å². The number of hydrogen-bond acceptors (Lipinski definition) is 4. The van der Waals surface area contributed by atoms with Crippen LogP contribution in [0, 0.1) is 6.92 Å². The van der Waals surface area contributed by atoms with E-state index in [0.29, 0.717) is 6.04 Å². The second-order valence-electron chi connectivity index (χ2n) is 9.57. The van der Waals surface area contributed by atoms with Gasteiger partial charge in [-0.25, -0.2) is 0 Å². The van der Waals surface area contributed by atoms with Crippen LogP contribution < -0.4 is 5.32 Å². The summed E-state index contributed by atoms with van der Waals surface area (Å²) in [7, 11) is 0. The molecule has 34 heavy (non-hydrogen) atoms. The summed E-state index contributed by atoms with van der Waals surface area (Å²) in [6.07, 6.45) is 18.6. The Morgan fingerprint density at radius 2 is 1.97 bits per heavy atom. The Kier molecular flexibility index (Phi) is 6.86. The molecule has 1 aliphatic carbocycles. The molecule has 6 heteroatoms. The van der Waals surface area contributed by atoms with E-state index in [2.05, 4.69) is 50.2 Å². The number of benzene rings is 1. The van der Waals surface area contributed by atoms with Gasteiger partial charge in [-0.2, -0.15) is 5.10 Å². The number of aromatic nitrogens is 3. The Morgan fingerprint density at radius 3 is 2.74 bits per heavy atom. The molecule has 0 bridgehead atoms. The number of amides is 1. The molecule has 0 unspecified atom stereocenters. The molecule has 176 valence electrons. The molecule has 1 N–H and O–H groups in total. The van der Waals surface area contributed by atoms with Crippen molar-refractivity contribution in [1.82, 2.24) is 19.7 Å². The molecule has 1 aliphatic heterocycles. The number of rotatable bonds is 7. The highest BCUT2D eigenvalue weighted by Gasteiger charge is 2.20. The van der Waals surface area contributed by atoms with Crippen LogP contribution in [0.4, 0.5) is 5.69 Å². The van der Waals surface area contributed by atoms with Gasteiger partial charge >= 0.3 is 0 Å². The number of likely N-dealkylation sites (tertiary alicyclic amines) is 1. The molecular formula is C28H33N5O. The molecule has 2 aliphatic rings. The van der Waals surface area contributed by atoms with Crippen LogP contribution in [0.25, 0.3) is 17.2 Å². The number of aryl methyl sites for hydroxylation is 1. The van der Waals surface area contributed by atoms with E-state index in [-0.39, 0.29) is 5.91 Å². The first-order chi connectivity index (χ1) is 16.7. The lowest BCUT2D eigenvalue weighted by atomic mass is 9.93. The van der Waals surface area contributed by atoms with Gasteiger partial charge in [0, 0.05) is 48.0 Å². The number of nitrogens with one attached hydrogen (secondary N) is 1. The average Bonchev–Trinajstić information content (AvgIpc) is 3.28. The predicted octanol–water partition coefficient (Wildman–Crippen LogP) is 5.62. The molecule has 6 nitrogen and oxygen atoms in total. The third-order valence-corrected chi connectivity index (χ3v) is 7.03. The Balaban J connectivity index is 1.24. The van der Waals surface area contributed by atoms with Gasteiger partial charge in [-0.1, -0.05) is 18.6 Å². The van der Waals surface area contributed by atoms with E-state index in [1.807, 2.05) is 24.4 Å². The second-order valence-corrected chi connectivity index (χ2v) is 9.57. The van der Waals surface area contributed by atoms with E-state index in [1.165, 1.54) is 57.2 Å². The molecule has 3 aromatic rings. The molecule has 0 spiro atoms. The first-order valence-electron chi connectivity index (χ1n) is 12.5. The highest BCUT2D eigenvalue weighted by molar-refractivity contribution is 6.02. The maximum atomic E-state index is 12.7. The minimum atomic E-state index is -0.146. The minimum Gasteiger partial charge on any atom is -0.322 e. The van der Waals surface area contributed by atoms with E-state index < -0.39 is 0 Å². The Morgan fingerprint density at radius 1 is 1.12 bits per heavy atom. The molecule has 3 heterocycles. The van der Waals surface area contributed by atoms with Crippen LogP contribution in [0.15, 0.2) is 55.1 Å². The summed E-state index contributed by atoms with van der Waals surface area (Å²) in [4.78, 5) is 19.5. The molecule has 1 saturated heterocycles. The quantitative estimate of drug-likeness (QED) is 0.470. The van der Waals surface area contributed by atoms with Crippen LogP contribution >= 0.6 is 0 Å². The second kappa shape index (κ2) is 10.3. The summed E-state index contributed by atoms with van der Waals surface area (Å²) in [5.41, 5.74) is 6.22. The number of piperidine rings is 1. The van der Waals surface area contributed by atoms with Gasteiger partial charge in [-0.15, -0.1) is 0 Å². The van der Waals surface area contributed by atoms with Crippen molar-refractivity contribution in [2.45, 2.75) is 58.0 Å². The molecule has 1 saturated carbocycles. The van der Waals surface area contributed by atoms with Crippen LogP contribution in [-0.4, -0.2) is 38.7 Å². The molecule has 2 fully saturated rings. The molecule has 0 atom stereocenters. The fourth-order valence-electron chi connectivity index (χ4n) is 4.81. The first kappa shape index (κ1) is 22.5. The fraction of sp³-hybridized carbons (Fsp3) is 0.393. The van der Waals surface area contributed by atoms with Gasteiger partial charge in [0.05, 0.1) is 12.2 Å². The smallest absolute Gasteiger partial charge is 0.248 e. The van der Waals surface area contributed by atoms with Crippen molar-refractivity contribution in [2.24, 2.45) is 0 Å². The van der Waals surface area contributed by atoms with Crippen molar-refractivity contribution in [1.29, 1.82) is 0 Å². The van der Waals surface area contributed by atoms with Crippen molar-refractivity contribution in [2.75, 3.05) is 18.4 Å². The SMILES string of the molecule is Cc1cc(CN2CCCCC2)ccc1NC(=O)/C=C/c1cnccc1-c1cnn(C2CCC2)c1. The third kappa shape index (κ3) is 5.28. The molecule has 0 radical (unpaired) electrons. The van der Waals surface area contributed by atoms with Crippen LogP contribution in [0.5, 0.6) is 0 Å². The lowest BCUT2D eigenvalue weighted by Crippen LogP contribution is -2.29. The zero-order chi connectivity index (χ0) is 23.3. The van der Waals surface area contributed by atoms with Gasteiger partial charge in [0.2, 0.25) is 5.91 Å². The van der Waals surface area contributed by atoms with Crippen molar-refractivity contribution < 1.29 is 4.79 Å². The predicted molar refractivity (Wildman–Crippen MR) is 136 cm³/mol. The summed E-state index contributed by atoms with van der Waals surface area (Å²) in [5.74, 6) is -0.146. The normalized spacial score (nSPS) is 17.1. The Hall–Kier alpha value is -3.25. The maximum Gasteiger partial charge on any atom is 0.248 e. The summed E-state index contributed by atoms with van der Waals surface area (Å²) in [6, 6.07) is 8.83. The van der Waals surface area contributed by atoms with Gasteiger partial charge in [-0.3, -0.25) is 19.4 Å². The first-order valence-corrected chi connectivity index (χ1v) is 12.5. The Labute approximate surface area is 201 Å². The molecular weight excluding hydrogens is 422 g/mol. The van der Waals surface area contributed by atoms with Crippen LogP contribution in [-0.2, 0) is 11.3 Å². The van der Waals surface area contributed by atoms with E-state index in [4.69, 9.17) is 0 Å². The van der Waals surface area contributed by atoms with Gasteiger partial charge < -0.3 is 5.32 Å². The van der Waals surface area contributed by atoms with Gasteiger partial charge in [0.25, 0.3) is 0 Å². The zero-order valence-electron chi connectivity index (χ0n) is 19.9. The zero-order valence-corrected chi connectivity index (χ0v) is 19.9. The number of carbonyl (C=O) groups is 1. The summed E-state index contributed by atoms with van der Waals surface area (Å²) >= 11 is 0. The van der Waals surface area contributed by atoms with Crippen molar-refractivity contribution in [3.63, 3.8) is 0 Å².